The summed E-state index contributed by atoms with van der Waals surface area (Å²) >= 11 is 3.39. The standard InChI is InChI=1S/C16H12BrN3O2/c17-14-4-2-1-3-13(14)16(21)20-9-12(10-20)22-15-6-5-11(7-18)8-19-15/h1-6,8,12H,9-10H2. The smallest absolute Gasteiger partial charge is 0.255 e. The quantitative estimate of drug-likeness (QED) is 0.846. The number of hydrogen-bond acceptors (Lipinski definition) is 4. The van der Waals surface area contributed by atoms with E-state index in [4.69, 9.17) is 10.00 Å². The van der Waals surface area contributed by atoms with Crippen molar-refractivity contribution in [1.82, 2.24) is 9.88 Å². The zero-order valence-corrected chi connectivity index (χ0v) is 13.2. The van der Waals surface area contributed by atoms with Crippen molar-refractivity contribution >= 4 is 21.8 Å². The first kappa shape index (κ1) is 14.5. The Morgan fingerprint density at radius 2 is 2.09 bits per heavy atom. The molecule has 1 amide bonds. The lowest BCUT2D eigenvalue weighted by Gasteiger charge is -2.38. The average molecular weight is 358 g/mol. The van der Waals surface area contributed by atoms with Gasteiger partial charge in [-0.05, 0) is 34.1 Å². The highest BCUT2D eigenvalue weighted by atomic mass is 79.9. The van der Waals surface area contributed by atoms with Crippen molar-refractivity contribution in [1.29, 1.82) is 5.26 Å². The molecule has 22 heavy (non-hydrogen) atoms. The maximum Gasteiger partial charge on any atom is 0.255 e. The van der Waals surface area contributed by atoms with Crippen LogP contribution in [0.25, 0.3) is 0 Å². The molecule has 0 unspecified atom stereocenters. The van der Waals surface area contributed by atoms with Gasteiger partial charge in [0.15, 0.2) is 0 Å². The van der Waals surface area contributed by atoms with Crippen molar-refractivity contribution in [2.24, 2.45) is 0 Å². The molecule has 1 saturated heterocycles. The van der Waals surface area contributed by atoms with Crippen molar-refractivity contribution in [3.8, 4) is 11.9 Å². The number of amides is 1. The lowest BCUT2D eigenvalue weighted by molar-refractivity contribution is 0.0159. The maximum atomic E-state index is 12.3. The molecular formula is C16H12BrN3O2. The molecule has 3 rings (SSSR count). The van der Waals surface area contributed by atoms with E-state index in [-0.39, 0.29) is 12.0 Å². The normalized spacial score (nSPS) is 14.1. The van der Waals surface area contributed by atoms with Gasteiger partial charge in [0.1, 0.15) is 12.2 Å². The number of nitriles is 1. The molecule has 1 aliphatic heterocycles. The molecule has 1 aromatic heterocycles. The van der Waals surface area contributed by atoms with Gasteiger partial charge in [-0.1, -0.05) is 12.1 Å². The fourth-order valence-corrected chi connectivity index (χ4v) is 2.62. The summed E-state index contributed by atoms with van der Waals surface area (Å²) in [7, 11) is 0. The van der Waals surface area contributed by atoms with E-state index < -0.39 is 0 Å². The van der Waals surface area contributed by atoms with Gasteiger partial charge >= 0.3 is 0 Å². The van der Waals surface area contributed by atoms with E-state index in [2.05, 4.69) is 20.9 Å². The molecule has 0 spiro atoms. The van der Waals surface area contributed by atoms with Crippen molar-refractivity contribution in [3.05, 3.63) is 58.2 Å². The first-order valence-corrected chi connectivity index (χ1v) is 7.53. The Labute approximate surface area is 136 Å². The van der Waals surface area contributed by atoms with Crippen LogP contribution in [0.2, 0.25) is 0 Å². The second-order valence-electron chi connectivity index (χ2n) is 4.93. The molecule has 0 bridgehead atoms. The van der Waals surface area contributed by atoms with Crippen LogP contribution in [0, 0.1) is 11.3 Å². The number of carbonyl (C=O) groups is 1. The summed E-state index contributed by atoms with van der Waals surface area (Å²) in [6, 6.07) is 12.7. The number of hydrogen-bond donors (Lipinski definition) is 0. The van der Waals surface area contributed by atoms with Crippen LogP contribution in [-0.2, 0) is 0 Å². The van der Waals surface area contributed by atoms with Gasteiger partial charge in [0.2, 0.25) is 5.88 Å². The molecule has 2 heterocycles. The molecule has 1 aromatic carbocycles. The predicted octanol–water partition coefficient (Wildman–Crippen LogP) is 2.62. The fraction of sp³-hybridized carbons (Fsp3) is 0.188. The van der Waals surface area contributed by atoms with Gasteiger partial charge in [-0.3, -0.25) is 4.79 Å². The number of benzene rings is 1. The maximum absolute atomic E-state index is 12.3. The molecule has 0 radical (unpaired) electrons. The fourth-order valence-electron chi connectivity index (χ4n) is 2.17. The highest BCUT2D eigenvalue weighted by Crippen LogP contribution is 2.22. The molecule has 0 N–H and O–H groups in total. The minimum absolute atomic E-state index is 0.0138. The zero-order chi connectivity index (χ0) is 15.5. The molecule has 0 saturated carbocycles. The van der Waals surface area contributed by atoms with Crippen LogP contribution in [0.1, 0.15) is 15.9 Å². The Morgan fingerprint density at radius 1 is 1.32 bits per heavy atom. The van der Waals surface area contributed by atoms with E-state index in [9.17, 15) is 4.79 Å². The number of rotatable bonds is 3. The molecule has 1 fully saturated rings. The number of likely N-dealkylation sites (tertiary alicyclic amines) is 1. The van der Waals surface area contributed by atoms with Crippen LogP contribution in [0.15, 0.2) is 47.1 Å². The molecule has 6 heteroatoms. The van der Waals surface area contributed by atoms with Gasteiger partial charge in [0.05, 0.1) is 24.2 Å². The minimum atomic E-state index is -0.0631. The highest BCUT2D eigenvalue weighted by Gasteiger charge is 2.33. The average Bonchev–Trinajstić information content (AvgIpc) is 2.51. The highest BCUT2D eigenvalue weighted by molar-refractivity contribution is 9.10. The van der Waals surface area contributed by atoms with E-state index in [0.29, 0.717) is 30.1 Å². The van der Waals surface area contributed by atoms with Gasteiger partial charge in [-0.2, -0.15) is 5.26 Å². The first-order chi connectivity index (χ1) is 10.7. The van der Waals surface area contributed by atoms with Crippen LogP contribution >= 0.6 is 15.9 Å². The Hall–Kier alpha value is -2.39. The molecule has 110 valence electrons. The van der Waals surface area contributed by atoms with E-state index in [1.165, 1.54) is 6.20 Å². The Bertz CT molecular complexity index is 734. The van der Waals surface area contributed by atoms with Crippen molar-refractivity contribution in [2.45, 2.75) is 6.10 Å². The Morgan fingerprint density at radius 3 is 2.73 bits per heavy atom. The van der Waals surface area contributed by atoms with Crippen molar-refractivity contribution in [2.75, 3.05) is 13.1 Å². The summed E-state index contributed by atoms with van der Waals surface area (Å²) in [5.74, 6) is 0.456. The number of aromatic nitrogens is 1. The van der Waals surface area contributed by atoms with Crippen LogP contribution in [-0.4, -0.2) is 35.0 Å². The molecule has 2 aromatic rings. The minimum Gasteiger partial charge on any atom is -0.471 e. The number of ether oxygens (including phenoxy) is 1. The third-order valence-electron chi connectivity index (χ3n) is 3.39. The monoisotopic (exact) mass is 357 g/mol. The molecule has 0 aliphatic carbocycles. The van der Waals surface area contributed by atoms with Crippen LogP contribution < -0.4 is 4.74 Å². The van der Waals surface area contributed by atoms with E-state index in [0.717, 1.165) is 4.47 Å². The predicted molar refractivity (Wildman–Crippen MR) is 83.4 cm³/mol. The summed E-state index contributed by atoms with van der Waals surface area (Å²) in [5.41, 5.74) is 1.14. The third-order valence-corrected chi connectivity index (χ3v) is 4.08. The first-order valence-electron chi connectivity index (χ1n) is 6.74. The summed E-state index contributed by atoms with van der Waals surface area (Å²) in [6.07, 6.45) is 1.41. The van der Waals surface area contributed by atoms with Crippen LogP contribution in [0.5, 0.6) is 5.88 Å². The molecular weight excluding hydrogens is 346 g/mol. The molecule has 1 aliphatic rings. The van der Waals surface area contributed by atoms with Gasteiger partial charge < -0.3 is 9.64 Å². The Kier molecular flexibility index (Phi) is 4.07. The van der Waals surface area contributed by atoms with E-state index in [1.807, 2.05) is 24.3 Å². The lowest BCUT2D eigenvalue weighted by Crippen LogP contribution is -2.56. The lowest BCUT2D eigenvalue weighted by atomic mass is 10.1. The topological polar surface area (TPSA) is 66.2 Å². The number of halogens is 1. The number of pyridine rings is 1. The molecule has 5 nitrogen and oxygen atoms in total. The third kappa shape index (κ3) is 2.95. The second kappa shape index (κ2) is 6.16. The summed E-state index contributed by atoms with van der Waals surface area (Å²) in [4.78, 5) is 18.1. The largest absolute Gasteiger partial charge is 0.471 e. The summed E-state index contributed by atoms with van der Waals surface area (Å²) in [6.45, 7) is 1.06. The molecule has 0 atom stereocenters. The van der Waals surface area contributed by atoms with Crippen molar-refractivity contribution < 1.29 is 9.53 Å². The van der Waals surface area contributed by atoms with Gasteiger partial charge in [0.25, 0.3) is 5.91 Å². The summed E-state index contributed by atoms with van der Waals surface area (Å²) in [5, 5.41) is 8.72. The SMILES string of the molecule is N#Cc1ccc(OC2CN(C(=O)c3ccccc3Br)C2)nc1. The van der Waals surface area contributed by atoms with Gasteiger partial charge in [-0.15, -0.1) is 0 Å². The van der Waals surface area contributed by atoms with E-state index >= 15 is 0 Å². The van der Waals surface area contributed by atoms with Crippen LogP contribution in [0.3, 0.4) is 0 Å². The van der Waals surface area contributed by atoms with E-state index in [1.54, 1.807) is 23.1 Å². The number of nitrogens with zero attached hydrogens (tertiary/aromatic N) is 3. The second-order valence-corrected chi connectivity index (χ2v) is 5.78. The Balaban J connectivity index is 1.57. The number of carbonyl (C=O) groups excluding carboxylic acids is 1. The van der Waals surface area contributed by atoms with Crippen LogP contribution in [0.4, 0.5) is 0 Å². The zero-order valence-electron chi connectivity index (χ0n) is 11.6. The van der Waals surface area contributed by atoms with Gasteiger partial charge in [-0.25, -0.2) is 4.98 Å². The summed E-state index contributed by atoms with van der Waals surface area (Å²) < 4.78 is 6.46. The van der Waals surface area contributed by atoms with Gasteiger partial charge in [0, 0.05) is 16.7 Å². The van der Waals surface area contributed by atoms with Crippen molar-refractivity contribution in [3.63, 3.8) is 0 Å².